The average molecular weight is 360 g/mol. The third-order valence-electron chi connectivity index (χ3n) is 4.20. The first kappa shape index (κ1) is 17.4. The molecule has 2 aromatic heterocycles. The Morgan fingerprint density at radius 3 is 2.76 bits per heavy atom. The van der Waals surface area contributed by atoms with Crippen LogP contribution in [0.25, 0.3) is 16.8 Å². The zero-order valence-electron chi connectivity index (χ0n) is 14.3. The molecule has 0 aliphatic heterocycles. The maximum Gasteiger partial charge on any atom is 0.254 e. The van der Waals surface area contributed by atoms with Gasteiger partial charge in [-0.3, -0.25) is 9.20 Å². The third kappa shape index (κ3) is 3.24. The van der Waals surface area contributed by atoms with E-state index in [1.54, 1.807) is 35.6 Å². The molecule has 130 valence electrons. The van der Waals surface area contributed by atoms with Crippen molar-refractivity contribution in [3.05, 3.63) is 59.3 Å². The summed E-state index contributed by atoms with van der Waals surface area (Å²) in [5.41, 5.74) is 2.44. The normalized spacial score (nSPS) is 11.3. The lowest BCUT2D eigenvalue weighted by atomic mass is 10.0. The number of hydrogen-bond acceptors (Lipinski definition) is 2. The molecule has 0 saturated carbocycles. The summed E-state index contributed by atoms with van der Waals surface area (Å²) < 4.78 is 15.7. The molecule has 0 aliphatic carbocycles. The molecule has 2 heterocycles. The highest BCUT2D eigenvalue weighted by Crippen LogP contribution is 2.29. The molecule has 0 bridgehead atoms. The van der Waals surface area contributed by atoms with Gasteiger partial charge in [0.1, 0.15) is 5.82 Å². The minimum Gasteiger partial charge on any atom is -0.336 e. The second-order valence-electron chi connectivity index (χ2n) is 6.12. The molecule has 0 atom stereocenters. The lowest BCUT2D eigenvalue weighted by molar-refractivity contribution is 0.0717. The first-order valence-electron chi connectivity index (χ1n) is 8.15. The fraction of sp³-hybridized carbons (Fsp3) is 0.263. The van der Waals surface area contributed by atoms with Gasteiger partial charge in [-0.15, -0.1) is 0 Å². The Balaban J connectivity index is 2.23. The fourth-order valence-corrected chi connectivity index (χ4v) is 3.23. The van der Waals surface area contributed by atoms with Crippen LogP contribution in [0.15, 0.2) is 42.9 Å². The summed E-state index contributed by atoms with van der Waals surface area (Å²) in [5, 5.41) is 0.530. The Hall–Kier alpha value is -2.40. The lowest BCUT2D eigenvalue weighted by Crippen LogP contribution is -2.37. The number of halogens is 2. The number of aromatic nitrogens is 2. The van der Waals surface area contributed by atoms with Gasteiger partial charge in [0.2, 0.25) is 0 Å². The van der Waals surface area contributed by atoms with E-state index in [1.807, 2.05) is 25.2 Å². The number of amides is 1. The average Bonchev–Trinajstić information content (AvgIpc) is 3.02. The molecule has 0 fully saturated rings. The molecule has 25 heavy (non-hydrogen) atoms. The van der Waals surface area contributed by atoms with E-state index in [-0.39, 0.29) is 11.9 Å². The van der Waals surface area contributed by atoms with Crippen LogP contribution < -0.4 is 0 Å². The van der Waals surface area contributed by atoms with Crippen molar-refractivity contribution in [2.45, 2.75) is 26.8 Å². The van der Waals surface area contributed by atoms with E-state index in [2.05, 4.69) is 4.98 Å². The number of benzene rings is 1. The first-order valence-corrected chi connectivity index (χ1v) is 8.52. The van der Waals surface area contributed by atoms with Crippen molar-refractivity contribution in [2.24, 2.45) is 0 Å². The van der Waals surface area contributed by atoms with E-state index < -0.39 is 5.82 Å². The molecule has 1 amide bonds. The van der Waals surface area contributed by atoms with Crippen LogP contribution in [0.5, 0.6) is 0 Å². The van der Waals surface area contributed by atoms with E-state index in [9.17, 15) is 9.18 Å². The molecule has 0 radical (unpaired) electrons. The summed E-state index contributed by atoms with van der Waals surface area (Å²) in [6, 6.07) is 7.80. The Morgan fingerprint density at radius 2 is 2.08 bits per heavy atom. The van der Waals surface area contributed by atoms with E-state index in [0.717, 1.165) is 5.52 Å². The lowest BCUT2D eigenvalue weighted by Gasteiger charge is -2.26. The number of imidazole rings is 1. The van der Waals surface area contributed by atoms with Gasteiger partial charge in [-0.05, 0) is 51.1 Å². The predicted octanol–water partition coefficient (Wildman–Crippen LogP) is 4.66. The van der Waals surface area contributed by atoms with Crippen molar-refractivity contribution in [1.82, 2.24) is 14.3 Å². The summed E-state index contributed by atoms with van der Waals surface area (Å²) in [7, 11) is 0. The molecule has 0 spiro atoms. The van der Waals surface area contributed by atoms with Crippen LogP contribution in [0, 0.1) is 5.82 Å². The summed E-state index contributed by atoms with van der Waals surface area (Å²) >= 11 is 6.22. The van der Waals surface area contributed by atoms with Crippen molar-refractivity contribution in [3.8, 4) is 11.3 Å². The molecule has 0 unspecified atom stereocenters. The Bertz CT molecular complexity index is 936. The monoisotopic (exact) mass is 359 g/mol. The van der Waals surface area contributed by atoms with Crippen molar-refractivity contribution in [1.29, 1.82) is 0 Å². The standard InChI is InChI=1S/C19H19ClFN3O/c1-4-23(12(2)3)19(25)17-9-14(21)5-6-16(17)18-8-13(20)7-15-10-22-11-24(15)18/h5-12H,4H2,1-3H3. The molecule has 1 aromatic carbocycles. The van der Waals surface area contributed by atoms with Gasteiger partial charge in [-0.2, -0.15) is 0 Å². The Kier molecular flexibility index (Phi) is 4.77. The largest absolute Gasteiger partial charge is 0.336 e. The summed E-state index contributed by atoms with van der Waals surface area (Å²) in [6.07, 6.45) is 3.34. The Labute approximate surface area is 150 Å². The molecular formula is C19H19ClFN3O. The minimum atomic E-state index is -0.448. The Morgan fingerprint density at radius 1 is 1.32 bits per heavy atom. The van der Waals surface area contributed by atoms with Gasteiger partial charge in [-0.25, -0.2) is 9.37 Å². The van der Waals surface area contributed by atoms with Gasteiger partial charge in [0.05, 0.1) is 29.3 Å². The van der Waals surface area contributed by atoms with E-state index in [0.29, 0.717) is 28.4 Å². The maximum absolute atomic E-state index is 13.9. The van der Waals surface area contributed by atoms with Crippen LogP contribution in [0.3, 0.4) is 0 Å². The van der Waals surface area contributed by atoms with Gasteiger partial charge in [0.25, 0.3) is 5.91 Å². The smallest absolute Gasteiger partial charge is 0.254 e. The fourth-order valence-electron chi connectivity index (χ4n) is 3.02. The summed E-state index contributed by atoms with van der Waals surface area (Å²) in [6.45, 7) is 6.33. The molecule has 0 aliphatic rings. The van der Waals surface area contributed by atoms with Crippen molar-refractivity contribution < 1.29 is 9.18 Å². The highest BCUT2D eigenvalue weighted by Gasteiger charge is 2.22. The highest BCUT2D eigenvalue weighted by atomic mass is 35.5. The van der Waals surface area contributed by atoms with Crippen molar-refractivity contribution in [2.75, 3.05) is 6.54 Å². The third-order valence-corrected chi connectivity index (χ3v) is 4.42. The molecule has 0 N–H and O–H groups in total. The number of fused-ring (bicyclic) bond motifs is 1. The number of hydrogen-bond donors (Lipinski definition) is 0. The maximum atomic E-state index is 13.9. The SMILES string of the molecule is CCN(C(=O)c1cc(F)ccc1-c1cc(Cl)cc2cncn12)C(C)C. The minimum absolute atomic E-state index is 0.0150. The highest BCUT2D eigenvalue weighted by molar-refractivity contribution is 6.31. The van der Waals surface area contributed by atoms with Crippen molar-refractivity contribution >= 4 is 23.0 Å². The van der Waals surface area contributed by atoms with E-state index in [1.165, 1.54) is 12.1 Å². The van der Waals surface area contributed by atoms with Crippen LogP contribution in [0.2, 0.25) is 5.02 Å². The second kappa shape index (κ2) is 6.84. The zero-order valence-corrected chi connectivity index (χ0v) is 15.1. The quantitative estimate of drug-likeness (QED) is 0.679. The predicted molar refractivity (Wildman–Crippen MR) is 97.4 cm³/mol. The van der Waals surface area contributed by atoms with E-state index >= 15 is 0 Å². The van der Waals surface area contributed by atoms with Crippen molar-refractivity contribution in [3.63, 3.8) is 0 Å². The van der Waals surface area contributed by atoms with Gasteiger partial charge in [-0.1, -0.05) is 11.6 Å². The molecule has 6 heteroatoms. The van der Waals surface area contributed by atoms with Gasteiger partial charge in [0.15, 0.2) is 0 Å². The number of nitrogens with zero attached hydrogens (tertiary/aromatic N) is 3. The first-order chi connectivity index (χ1) is 11.9. The number of pyridine rings is 1. The molecule has 0 saturated heterocycles. The van der Waals surface area contributed by atoms with Gasteiger partial charge in [0, 0.05) is 23.2 Å². The second-order valence-corrected chi connectivity index (χ2v) is 6.56. The molecule has 4 nitrogen and oxygen atoms in total. The molecule has 3 aromatic rings. The number of carbonyl (C=O) groups is 1. The van der Waals surface area contributed by atoms with Crippen LogP contribution in [-0.2, 0) is 0 Å². The van der Waals surface area contributed by atoms with Gasteiger partial charge < -0.3 is 4.90 Å². The van der Waals surface area contributed by atoms with E-state index in [4.69, 9.17) is 11.6 Å². The zero-order chi connectivity index (χ0) is 18.1. The summed E-state index contributed by atoms with van der Waals surface area (Å²) in [4.78, 5) is 18.9. The molecule has 3 rings (SSSR count). The molecular weight excluding hydrogens is 341 g/mol. The number of carbonyl (C=O) groups excluding carboxylic acids is 1. The summed E-state index contributed by atoms with van der Waals surface area (Å²) in [5.74, 6) is -0.656. The number of rotatable bonds is 4. The van der Waals surface area contributed by atoms with Gasteiger partial charge >= 0.3 is 0 Å². The van der Waals surface area contributed by atoms with Crippen LogP contribution in [0.4, 0.5) is 4.39 Å². The van der Waals surface area contributed by atoms with Crippen LogP contribution in [0.1, 0.15) is 31.1 Å². The van der Waals surface area contributed by atoms with Crippen LogP contribution >= 0.6 is 11.6 Å². The topological polar surface area (TPSA) is 37.6 Å². The van der Waals surface area contributed by atoms with Crippen LogP contribution in [-0.4, -0.2) is 32.8 Å².